The molecule has 0 aliphatic heterocycles. The smallest absolute Gasteiger partial charge is 0.263 e. The first-order chi connectivity index (χ1) is 9.31. The molecule has 0 bridgehead atoms. The van der Waals surface area contributed by atoms with Crippen LogP contribution in [0.4, 0.5) is 5.82 Å². The zero-order valence-corrected chi connectivity index (χ0v) is 12.6. The molecule has 1 aromatic carbocycles. The average molecular weight is 310 g/mol. The molecule has 0 fully saturated rings. The van der Waals surface area contributed by atoms with Gasteiger partial charge in [-0.1, -0.05) is 24.4 Å². The largest absolute Gasteiger partial charge is 0.389 e. The van der Waals surface area contributed by atoms with Crippen LogP contribution < -0.4 is 10.5 Å². The first kappa shape index (κ1) is 14.5. The van der Waals surface area contributed by atoms with Gasteiger partial charge >= 0.3 is 0 Å². The molecule has 1 aromatic heterocycles. The van der Waals surface area contributed by atoms with Crippen LogP contribution in [0.25, 0.3) is 0 Å². The van der Waals surface area contributed by atoms with Gasteiger partial charge < -0.3 is 5.73 Å². The van der Waals surface area contributed by atoms with Gasteiger partial charge in [0, 0.05) is 0 Å². The predicted molar refractivity (Wildman–Crippen MR) is 81.2 cm³/mol. The Kier molecular flexibility index (Phi) is 3.78. The number of anilines is 1. The fourth-order valence-electron chi connectivity index (χ4n) is 1.74. The third kappa shape index (κ3) is 2.81. The molecule has 20 heavy (non-hydrogen) atoms. The monoisotopic (exact) mass is 310 g/mol. The van der Waals surface area contributed by atoms with Crippen molar-refractivity contribution in [3.05, 3.63) is 41.1 Å². The molecule has 6 nitrogen and oxygen atoms in total. The van der Waals surface area contributed by atoms with Crippen LogP contribution in [0.15, 0.2) is 29.3 Å². The standard InChI is InChI=1S/C12H14N4O2S2/c1-7-3-4-8(2)10(5-7)20(17,18)16-12-9(11(13)19)6-14-15-12/h3-6H,1-2H3,(H2,13,19)(H2,14,15,16). The number of benzene rings is 1. The highest BCUT2D eigenvalue weighted by Crippen LogP contribution is 2.21. The van der Waals surface area contributed by atoms with Crippen LogP contribution in [0.1, 0.15) is 16.7 Å². The van der Waals surface area contributed by atoms with Gasteiger partial charge in [-0.3, -0.25) is 9.82 Å². The van der Waals surface area contributed by atoms with E-state index in [1.54, 1.807) is 19.1 Å². The number of aromatic nitrogens is 2. The van der Waals surface area contributed by atoms with E-state index in [2.05, 4.69) is 14.9 Å². The summed E-state index contributed by atoms with van der Waals surface area (Å²) >= 11 is 4.84. The molecule has 2 aromatic rings. The summed E-state index contributed by atoms with van der Waals surface area (Å²) in [6.45, 7) is 3.56. The van der Waals surface area contributed by atoms with Gasteiger partial charge in [-0.25, -0.2) is 8.42 Å². The first-order valence-electron chi connectivity index (χ1n) is 5.74. The minimum absolute atomic E-state index is 0.0671. The summed E-state index contributed by atoms with van der Waals surface area (Å²) in [4.78, 5) is 0.276. The zero-order valence-electron chi connectivity index (χ0n) is 11.0. The van der Waals surface area contributed by atoms with E-state index in [9.17, 15) is 8.42 Å². The molecule has 0 amide bonds. The zero-order chi connectivity index (χ0) is 14.9. The third-order valence-electron chi connectivity index (χ3n) is 2.77. The number of thiocarbonyl (C=S) groups is 1. The topological polar surface area (TPSA) is 101 Å². The van der Waals surface area contributed by atoms with Gasteiger partial charge in [-0.2, -0.15) is 5.10 Å². The molecule has 0 aliphatic rings. The minimum Gasteiger partial charge on any atom is -0.389 e. The number of sulfonamides is 1. The Morgan fingerprint density at radius 1 is 1.40 bits per heavy atom. The highest BCUT2D eigenvalue weighted by atomic mass is 32.2. The predicted octanol–water partition coefficient (Wildman–Crippen LogP) is 1.46. The van der Waals surface area contributed by atoms with Crippen molar-refractivity contribution >= 4 is 33.0 Å². The minimum atomic E-state index is -3.73. The summed E-state index contributed by atoms with van der Waals surface area (Å²) in [6, 6.07) is 5.21. The van der Waals surface area contributed by atoms with E-state index >= 15 is 0 Å². The molecule has 106 valence electrons. The Morgan fingerprint density at radius 3 is 2.75 bits per heavy atom. The van der Waals surface area contributed by atoms with Gasteiger partial charge in [0.15, 0.2) is 0 Å². The normalized spacial score (nSPS) is 11.3. The molecule has 0 radical (unpaired) electrons. The van der Waals surface area contributed by atoms with E-state index < -0.39 is 10.0 Å². The van der Waals surface area contributed by atoms with Crippen LogP contribution in [-0.2, 0) is 10.0 Å². The van der Waals surface area contributed by atoms with Crippen molar-refractivity contribution in [3.8, 4) is 0 Å². The van der Waals surface area contributed by atoms with Gasteiger partial charge in [0.2, 0.25) is 0 Å². The van der Waals surface area contributed by atoms with Crippen molar-refractivity contribution in [1.29, 1.82) is 0 Å². The Hall–Kier alpha value is -1.93. The molecule has 0 spiro atoms. The first-order valence-corrected chi connectivity index (χ1v) is 7.63. The number of hydrogen-bond acceptors (Lipinski definition) is 4. The summed E-state index contributed by atoms with van der Waals surface area (Å²) in [5, 5.41) is 6.28. The Labute approximate surface area is 122 Å². The van der Waals surface area contributed by atoms with Gasteiger partial charge in [0.05, 0.1) is 16.7 Å². The second-order valence-electron chi connectivity index (χ2n) is 4.40. The van der Waals surface area contributed by atoms with Crippen LogP contribution >= 0.6 is 12.2 Å². The molecular formula is C12H14N4O2S2. The summed E-state index contributed by atoms with van der Waals surface area (Å²) in [6.07, 6.45) is 1.38. The lowest BCUT2D eigenvalue weighted by atomic mass is 10.2. The number of H-pyrrole nitrogens is 1. The van der Waals surface area contributed by atoms with Crippen LogP contribution in [0, 0.1) is 13.8 Å². The highest BCUT2D eigenvalue weighted by Gasteiger charge is 2.20. The number of hydrogen-bond donors (Lipinski definition) is 3. The molecular weight excluding hydrogens is 296 g/mol. The maximum Gasteiger partial charge on any atom is 0.263 e. The SMILES string of the molecule is Cc1ccc(C)c(S(=O)(=O)Nc2[nH]ncc2C(N)=S)c1. The molecule has 0 aliphatic carbocycles. The summed E-state index contributed by atoms with van der Waals surface area (Å²) < 4.78 is 27.2. The summed E-state index contributed by atoms with van der Waals surface area (Å²) in [5.41, 5.74) is 7.37. The maximum absolute atomic E-state index is 12.4. The van der Waals surface area contributed by atoms with E-state index in [4.69, 9.17) is 18.0 Å². The molecule has 0 saturated heterocycles. The number of nitrogens with zero attached hydrogens (tertiary/aromatic N) is 1. The Balaban J connectivity index is 2.44. The Morgan fingerprint density at radius 2 is 2.10 bits per heavy atom. The average Bonchev–Trinajstić information content (AvgIpc) is 2.79. The fraction of sp³-hybridized carbons (Fsp3) is 0.167. The summed E-state index contributed by atoms with van der Waals surface area (Å²) in [5.74, 6) is 0.165. The van der Waals surface area contributed by atoms with Gasteiger partial charge in [0.25, 0.3) is 10.0 Å². The molecule has 1 heterocycles. The third-order valence-corrected chi connectivity index (χ3v) is 4.49. The lowest BCUT2D eigenvalue weighted by Crippen LogP contribution is -2.18. The fourth-order valence-corrected chi connectivity index (χ4v) is 3.26. The van der Waals surface area contributed by atoms with Gasteiger partial charge in [-0.05, 0) is 31.0 Å². The van der Waals surface area contributed by atoms with Gasteiger partial charge in [-0.15, -0.1) is 0 Å². The second kappa shape index (κ2) is 5.22. The van der Waals surface area contributed by atoms with Crippen LogP contribution in [0.5, 0.6) is 0 Å². The summed E-state index contributed by atoms with van der Waals surface area (Å²) in [7, 11) is -3.73. The lowest BCUT2D eigenvalue weighted by molar-refractivity contribution is 0.600. The van der Waals surface area contributed by atoms with Crippen LogP contribution in [0.3, 0.4) is 0 Å². The van der Waals surface area contributed by atoms with Crippen molar-refractivity contribution in [2.45, 2.75) is 18.7 Å². The highest BCUT2D eigenvalue weighted by molar-refractivity contribution is 7.92. The molecule has 8 heteroatoms. The number of rotatable bonds is 4. The van der Waals surface area contributed by atoms with Crippen LogP contribution in [0.2, 0.25) is 0 Å². The lowest BCUT2D eigenvalue weighted by Gasteiger charge is -2.10. The molecule has 0 atom stereocenters. The number of nitrogens with one attached hydrogen (secondary N) is 2. The van der Waals surface area contributed by atoms with Crippen LogP contribution in [-0.4, -0.2) is 23.6 Å². The number of aromatic amines is 1. The van der Waals surface area contributed by atoms with Crippen molar-refractivity contribution in [2.75, 3.05) is 4.72 Å². The van der Waals surface area contributed by atoms with E-state index in [1.807, 2.05) is 13.0 Å². The molecule has 4 N–H and O–H groups in total. The van der Waals surface area contributed by atoms with E-state index in [-0.39, 0.29) is 15.7 Å². The molecule has 0 unspecified atom stereocenters. The number of nitrogens with two attached hydrogens (primary N) is 1. The van der Waals surface area contributed by atoms with Crippen molar-refractivity contribution in [1.82, 2.24) is 10.2 Å². The quantitative estimate of drug-likeness (QED) is 0.742. The molecule has 0 saturated carbocycles. The molecule has 2 rings (SSSR count). The van der Waals surface area contributed by atoms with E-state index in [0.29, 0.717) is 11.1 Å². The van der Waals surface area contributed by atoms with Crippen molar-refractivity contribution in [3.63, 3.8) is 0 Å². The van der Waals surface area contributed by atoms with E-state index in [0.717, 1.165) is 5.56 Å². The van der Waals surface area contributed by atoms with E-state index in [1.165, 1.54) is 6.20 Å². The van der Waals surface area contributed by atoms with Crippen molar-refractivity contribution < 1.29 is 8.42 Å². The maximum atomic E-state index is 12.4. The van der Waals surface area contributed by atoms with Gasteiger partial charge in [0.1, 0.15) is 10.8 Å². The Bertz CT molecular complexity index is 766. The number of aryl methyl sites for hydroxylation is 2. The second-order valence-corrected chi connectivity index (χ2v) is 6.49. The van der Waals surface area contributed by atoms with Crippen molar-refractivity contribution in [2.24, 2.45) is 5.73 Å².